The number of rotatable bonds is 5. The molecular formula is C17H20N4O. The maximum Gasteiger partial charge on any atom is 0.130 e. The molecule has 1 aromatic carbocycles. The number of Topliss-reactive ketones (excluding diaryl/α,β-unsaturated/α-hetero) is 1. The van der Waals surface area contributed by atoms with E-state index in [1.807, 2.05) is 24.3 Å². The Labute approximate surface area is 130 Å². The van der Waals surface area contributed by atoms with E-state index in [0.29, 0.717) is 18.8 Å². The van der Waals surface area contributed by atoms with Gasteiger partial charge < -0.3 is 9.36 Å². The van der Waals surface area contributed by atoms with Crippen molar-refractivity contribution in [1.82, 2.24) is 14.5 Å². The van der Waals surface area contributed by atoms with Gasteiger partial charge in [-0.25, -0.2) is 4.98 Å². The van der Waals surface area contributed by atoms with Gasteiger partial charge >= 0.3 is 0 Å². The van der Waals surface area contributed by atoms with Gasteiger partial charge in [-0.2, -0.15) is 5.26 Å². The van der Waals surface area contributed by atoms with E-state index in [-0.39, 0.29) is 5.78 Å². The number of para-hydroxylation sites is 2. The summed E-state index contributed by atoms with van der Waals surface area (Å²) in [5.41, 5.74) is 2.01. The molecule has 1 aliphatic rings. The van der Waals surface area contributed by atoms with Crippen LogP contribution in [0.25, 0.3) is 11.0 Å². The van der Waals surface area contributed by atoms with Crippen molar-refractivity contribution in [3.8, 4) is 6.07 Å². The molecule has 5 heteroatoms. The zero-order valence-electron chi connectivity index (χ0n) is 12.8. The number of aromatic nitrogens is 2. The van der Waals surface area contributed by atoms with E-state index >= 15 is 0 Å². The Kier molecular flexibility index (Phi) is 4.21. The summed E-state index contributed by atoms with van der Waals surface area (Å²) in [5.74, 6) is 1.55. The Hall–Kier alpha value is -2.19. The lowest BCUT2D eigenvalue weighted by Gasteiger charge is -2.18. The number of hydrogen-bond acceptors (Lipinski definition) is 4. The number of benzene rings is 1. The molecule has 0 aliphatic carbocycles. The number of carbonyl (C=O) groups is 1. The van der Waals surface area contributed by atoms with Gasteiger partial charge in [0.2, 0.25) is 0 Å². The van der Waals surface area contributed by atoms with E-state index in [4.69, 9.17) is 5.26 Å². The zero-order valence-corrected chi connectivity index (χ0v) is 12.8. The summed E-state index contributed by atoms with van der Waals surface area (Å²) < 4.78 is 2.13. The number of ketones is 1. The van der Waals surface area contributed by atoms with E-state index in [2.05, 4.69) is 20.5 Å². The van der Waals surface area contributed by atoms with Gasteiger partial charge in [-0.15, -0.1) is 0 Å². The Bertz CT molecular complexity index is 728. The molecule has 0 amide bonds. The average molecular weight is 296 g/mol. The molecule has 1 unspecified atom stereocenters. The molecule has 1 aromatic heterocycles. The number of nitriles is 1. The fourth-order valence-corrected chi connectivity index (χ4v) is 3.30. The van der Waals surface area contributed by atoms with Crippen molar-refractivity contribution in [2.45, 2.75) is 32.9 Å². The first kappa shape index (κ1) is 14.7. The lowest BCUT2D eigenvalue weighted by molar-refractivity contribution is -0.117. The molecule has 0 saturated carbocycles. The molecule has 1 saturated heterocycles. The Morgan fingerprint density at radius 1 is 1.45 bits per heavy atom. The molecule has 0 bridgehead atoms. The number of hydrogen-bond donors (Lipinski definition) is 0. The lowest BCUT2D eigenvalue weighted by atomic mass is 10.0. The summed E-state index contributed by atoms with van der Waals surface area (Å²) in [4.78, 5) is 18.2. The summed E-state index contributed by atoms with van der Waals surface area (Å²) in [6.07, 6.45) is 2.06. The summed E-state index contributed by atoms with van der Waals surface area (Å²) in [6, 6.07) is 10.2. The molecule has 0 radical (unpaired) electrons. The maximum absolute atomic E-state index is 11.3. The second kappa shape index (κ2) is 6.29. The normalized spacial score (nSPS) is 18.6. The van der Waals surface area contributed by atoms with Crippen molar-refractivity contribution in [3.05, 3.63) is 30.1 Å². The molecular weight excluding hydrogens is 276 g/mol. The third-order valence-corrected chi connectivity index (χ3v) is 4.26. The van der Waals surface area contributed by atoms with E-state index in [1.165, 1.54) is 0 Å². The van der Waals surface area contributed by atoms with Crippen LogP contribution < -0.4 is 0 Å². The average Bonchev–Trinajstić information content (AvgIpc) is 3.05. The SMILES string of the molecule is CC(=O)CC1CCN(Cn2c(CC#N)nc3ccccc32)C1. The molecule has 2 aromatic rings. The minimum atomic E-state index is 0.269. The molecule has 1 fully saturated rings. The molecule has 1 atom stereocenters. The first-order valence-corrected chi connectivity index (χ1v) is 7.70. The molecule has 114 valence electrons. The van der Waals surface area contributed by atoms with E-state index in [0.717, 1.165) is 43.0 Å². The molecule has 0 N–H and O–H groups in total. The standard InChI is InChI=1S/C17H20N4O/c1-13(22)10-14-7-9-20(11-14)12-21-16-5-3-2-4-15(16)19-17(21)6-8-18/h2-5,14H,6-7,9-12H2,1H3. The monoisotopic (exact) mass is 296 g/mol. The van der Waals surface area contributed by atoms with Gasteiger partial charge in [-0.1, -0.05) is 12.1 Å². The van der Waals surface area contributed by atoms with Crippen LogP contribution in [0, 0.1) is 17.2 Å². The summed E-state index contributed by atoms with van der Waals surface area (Å²) in [7, 11) is 0. The van der Waals surface area contributed by atoms with Crippen LogP contribution in [0.5, 0.6) is 0 Å². The van der Waals surface area contributed by atoms with Crippen molar-refractivity contribution < 1.29 is 4.79 Å². The fourth-order valence-electron chi connectivity index (χ4n) is 3.30. The number of fused-ring (bicyclic) bond motifs is 1. The Morgan fingerprint density at radius 2 is 2.27 bits per heavy atom. The molecule has 2 heterocycles. The van der Waals surface area contributed by atoms with Crippen LogP contribution in [0.2, 0.25) is 0 Å². The fraction of sp³-hybridized carbons (Fsp3) is 0.471. The number of imidazole rings is 1. The van der Waals surface area contributed by atoms with Crippen molar-refractivity contribution in [2.75, 3.05) is 13.1 Å². The highest BCUT2D eigenvalue weighted by Crippen LogP contribution is 2.23. The van der Waals surface area contributed by atoms with E-state index in [1.54, 1.807) is 6.92 Å². The smallest absolute Gasteiger partial charge is 0.130 e. The molecule has 5 nitrogen and oxygen atoms in total. The number of carbonyl (C=O) groups excluding carboxylic acids is 1. The third-order valence-electron chi connectivity index (χ3n) is 4.26. The topological polar surface area (TPSA) is 61.9 Å². The van der Waals surface area contributed by atoms with Crippen LogP contribution in [-0.4, -0.2) is 33.3 Å². The summed E-state index contributed by atoms with van der Waals surface area (Å²) in [5, 5.41) is 9.02. The van der Waals surface area contributed by atoms with Gasteiger partial charge in [0.05, 0.1) is 30.2 Å². The van der Waals surface area contributed by atoms with Crippen LogP contribution in [0.4, 0.5) is 0 Å². The molecule has 1 aliphatic heterocycles. The van der Waals surface area contributed by atoms with Crippen LogP contribution in [0.3, 0.4) is 0 Å². The molecule has 22 heavy (non-hydrogen) atoms. The zero-order chi connectivity index (χ0) is 15.5. The van der Waals surface area contributed by atoms with Crippen LogP contribution in [-0.2, 0) is 17.9 Å². The first-order chi connectivity index (χ1) is 10.7. The third kappa shape index (κ3) is 3.02. The quantitative estimate of drug-likeness (QED) is 0.849. The summed E-state index contributed by atoms with van der Waals surface area (Å²) >= 11 is 0. The van der Waals surface area contributed by atoms with E-state index in [9.17, 15) is 4.79 Å². The maximum atomic E-state index is 11.3. The largest absolute Gasteiger partial charge is 0.313 e. The summed E-state index contributed by atoms with van der Waals surface area (Å²) in [6.45, 7) is 4.34. The van der Waals surface area contributed by atoms with Crippen molar-refractivity contribution >= 4 is 16.8 Å². The minimum Gasteiger partial charge on any atom is -0.313 e. The van der Waals surface area contributed by atoms with E-state index < -0.39 is 0 Å². The van der Waals surface area contributed by atoms with Crippen molar-refractivity contribution in [3.63, 3.8) is 0 Å². The second-order valence-electron chi connectivity index (χ2n) is 6.06. The van der Waals surface area contributed by atoms with Gasteiger partial charge in [-0.3, -0.25) is 4.90 Å². The highest BCUT2D eigenvalue weighted by atomic mass is 16.1. The van der Waals surface area contributed by atoms with Gasteiger partial charge in [-0.05, 0) is 31.4 Å². The number of likely N-dealkylation sites (tertiary alicyclic amines) is 1. The van der Waals surface area contributed by atoms with Crippen LogP contribution >= 0.6 is 0 Å². The Morgan fingerprint density at radius 3 is 3.05 bits per heavy atom. The first-order valence-electron chi connectivity index (χ1n) is 7.70. The highest BCUT2D eigenvalue weighted by Gasteiger charge is 2.24. The predicted octanol–water partition coefficient (Wildman–Crippen LogP) is 2.36. The second-order valence-corrected chi connectivity index (χ2v) is 6.06. The van der Waals surface area contributed by atoms with Gasteiger partial charge in [0.1, 0.15) is 11.6 Å². The molecule has 3 rings (SSSR count). The minimum absolute atomic E-state index is 0.269. The Balaban J connectivity index is 1.80. The van der Waals surface area contributed by atoms with Crippen LogP contribution in [0.15, 0.2) is 24.3 Å². The van der Waals surface area contributed by atoms with Gasteiger partial charge in [0, 0.05) is 19.5 Å². The molecule has 0 spiro atoms. The van der Waals surface area contributed by atoms with Crippen molar-refractivity contribution in [2.24, 2.45) is 5.92 Å². The van der Waals surface area contributed by atoms with Gasteiger partial charge in [0.25, 0.3) is 0 Å². The predicted molar refractivity (Wildman–Crippen MR) is 84.0 cm³/mol. The van der Waals surface area contributed by atoms with Gasteiger partial charge in [0.15, 0.2) is 0 Å². The van der Waals surface area contributed by atoms with Crippen molar-refractivity contribution in [1.29, 1.82) is 5.26 Å². The highest BCUT2D eigenvalue weighted by molar-refractivity contribution is 5.76. The number of nitrogens with zero attached hydrogens (tertiary/aromatic N) is 4. The lowest BCUT2D eigenvalue weighted by Crippen LogP contribution is -2.25. The van der Waals surface area contributed by atoms with Crippen LogP contribution in [0.1, 0.15) is 25.6 Å².